The summed E-state index contributed by atoms with van der Waals surface area (Å²) in [7, 11) is 0. The second-order valence-corrected chi connectivity index (χ2v) is 3.88. The fraction of sp³-hybridized carbons (Fsp3) is 0.429. The van der Waals surface area contributed by atoms with Crippen LogP contribution in [0.4, 0.5) is 5.82 Å². The number of hydrogen-bond acceptors (Lipinski definition) is 5. The number of rotatable bonds is 2. The number of nitrogen functional groups attached to an aromatic ring is 1. The van der Waals surface area contributed by atoms with Gasteiger partial charge in [-0.1, -0.05) is 11.8 Å². The number of thioether (sulfide) groups is 1. The third-order valence-electron chi connectivity index (χ3n) is 1.53. The third-order valence-corrected chi connectivity index (χ3v) is 2.57. The van der Waals surface area contributed by atoms with Crippen LogP contribution >= 0.6 is 11.8 Å². The Hall–Kier alpha value is -0.810. The fourth-order valence-electron chi connectivity index (χ4n) is 0.872. The summed E-state index contributed by atoms with van der Waals surface area (Å²) in [5.41, 5.74) is 5.48. The summed E-state index contributed by atoms with van der Waals surface area (Å²) in [5.74, 6) is 0.472. The van der Waals surface area contributed by atoms with Crippen LogP contribution in [0.15, 0.2) is 17.4 Å². The molecule has 2 heterocycles. The first kappa shape index (κ1) is 7.82. The van der Waals surface area contributed by atoms with Crippen molar-refractivity contribution in [2.75, 3.05) is 18.9 Å². The number of anilines is 1. The van der Waals surface area contributed by atoms with Gasteiger partial charge in [-0.15, -0.1) is 0 Å². The van der Waals surface area contributed by atoms with Gasteiger partial charge in [0.1, 0.15) is 10.8 Å². The van der Waals surface area contributed by atoms with Crippen molar-refractivity contribution in [2.45, 2.75) is 10.3 Å². The molecule has 0 saturated carbocycles. The van der Waals surface area contributed by atoms with E-state index in [0.29, 0.717) is 11.1 Å². The van der Waals surface area contributed by atoms with Crippen molar-refractivity contribution in [1.82, 2.24) is 9.97 Å². The Morgan fingerprint density at radius 3 is 2.92 bits per heavy atom. The monoisotopic (exact) mass is 183 g/mol. The van der Waals surface area contributed by atoms with Crippen molar-refractivity contribution >= 4 is 17.6 Å². The van der Waals surface area contributed by atoms with E-state index in [0.717, 1.165) is 18.2 Å². The maximum Gasteiger partial charge on any atom is 0.143 e. The van der Waals surface area contributed by atoms with Gasteiger partial charge in [-0.05, 0) is 0 Å². The van der Waals surface area contributed by atoms with Gasteiger partial charge in [-0.25, -0.2) is 4.98 Å². The molecule has 1 aliphatic rings. The van der Waals surface area contributed by atoms with Gasteiger partial charge in [-0.3, -0.25) is 4.98 Å². The van der Waals surface area contributed by atoms with Gasteiger partial charge in [0.25, 0.3) is 0 Å². The molecule has 0 bridgehead atoms. The molecule has 0 aliphatic carbocycles. The SMILES string of the molecule is Nc1cncc(SC2COC2)n1. The number of nitrogens with zero attached hydrogens (tertiary/aromatic N) is 2. The normalized spacial score (nSPS) is 17.3. The van der Waals surface area contributed by atoms with Crippen molar-refractivity contribution in [1.29, 1.82) is 0 Å². The molecule has 0 atom stereocenters. The molecule has 4 nitrogen and oxygen atoms in total. The molecule has 0 spiro atoms. The molecule has 1 saturated heterocycles. The minimum Gasteiger partial charge on any atom is -0.382 e. The molecule has 1 fully saturated rings. The van der Waals surface area contributed by atoms with Gasteiger partial charge in [0.2, 0.25) is 0 Å². The highest BCUT2D eigenvalue weighted by molar-refractivity contribution is 8.00. The van der Waals surface area contributed by atoms with Crippen LogP contribution in [0.2, 0.25) is 0 Å². The van der Waals surface area contributed by atoms with Crippen molar-refractivity contribution < 1.29 is 4.74 Å². The fourth-order valence-corrected chi connectivity index (χ4v) is 1.82. The van der Waals surface area contributed by atoms with Gasteiger partial charge < -0.3 is 10.5 Å². The molecule has 1 aromatic rings. The van der Waals surface area contributed by atoms with Crippen LogP contribution in [0.1, 0.15) is 0 Å². The summed E-state index contributed by atoms with van der Waals surface area (Å²) in [5, 5.41) is 1.41. The Bertz CT molecular complexity index is 277. The quantitative estimate of drug-likeness (QED) is 0.725. The van der Waals surface area contributed by atoms with Crippen molar-refractivity contribution in [3.05, 3.63) is 12.4 Å². The molecule has 0 amide bonds. The highest BCUT2D eigenvalue weighted by Crippen LogP contribution is 2.25. The van der Waals surface area contributed by atoms with Crippen molar-refractivity contribution in [3.8, 4) is 0 Å². The standard InChI is InChI=1S/C7H9N3OS/c8-6-1-9-2-7(10-6)12-5-3-11-4-5/h1-2,5H,3-4H2,(H2,8,10). The molecular weight excluding hydrogens is 174 g/mol. The summed E-state index contributed by atoms with van der Waals surface area (Å²) in [6.45, 7) is 1.61. The molecule has 0 radical (unpaired) electrons. The van der Waals surface area contributed by atoms with Crippen LogP contribution in [0.5, 0.6) is 0 Å². The second kappa shape index (κ2) is 3.28. The summed E-state index contributed by atoms with van der Waals surface area (Å²) >= 11 is 1.67. The average Bonchev–Trinajstić information content (AvgIpc) is 1.97. The van der Waals surface area contributed by atoms with Crippen LogP contribution in [0.3, 0.4) is 0 Å². The van der Waals surface area contributed by atoms with Gasteiger partial charge in [0.15, 0.2) is 0 Å². The maximum absolute atomic E-state index is 5.48. The molecular formula is C7H9N3OS. The van der Waals surface area contributed by atoms with E-state index in [1.807, 2.05) is 0 Å². The van der Waals surface area contributed by atoms with E-state index in [9.17, 15) is 0 Å². The van der Waals surface area contributed by atoms with Crippen LogP contribution < -0.4 is 5.73 Å². The first-order valence-electron chi connectivity index (χ1n) is 3.66. The van der Waals surface area contributed by atoms with E-state index in [1.54, 1.807) is 24.2 Å². The maximum atomic E-state index is 5.48. The van der Waals surface area contributed by atoms with Crippen LogP contribution in [0.25, 0.3) is 0 Å². The lowest BCUT2D eigenvalue weighted by molar-refractivity contribution is 0.0454. The molecule has 2 rings (SSSR count). The predicted octanol–water partition coefficient (Wildman–Crippen LogP) is 0.550. The molecule has 1 aliphatic heterocycles. The van der Waals surface area contributed by atoms with E-state index < -0.39 is 0 Å². The first-order valence-corrected chi connectivity index (χ1v) is 4.54. The highest BCUT2D eigenvalue weighted by atomic mass is 32.2. The smallest absolute Gasteiger partial charge is 0.143 e. The summed E-state index contributed by atoms with van der Waals surface area (Å²) < 4.78 is 5.04. The molecule has 12 heavy (non-hydrogen) atoms. The Labute approximate surface area is 74.5 Å². The average molecular weight is 183 g/mol. The molecule has 64 valence electrons. The summed E-state index contributed by atoms with van der Waals surface area (Å²) in [4.78, 5) is 8.06. The van der Waals surface area contributed by atoms with Crippen molar-refractivity contribution in [2.24, 2.45) is 0 Å². The topological polar surface area (TPSA) is 61.0 Å². The van der Waals surface area contributed by atoms with E-state index >= 15 is 0 Å². The van der Waals surface area contributed by atoms with E-state index in [1.165, 1.54) is 0 Å². The van der Waals surface area contributed by atoms with Gasteiger partial charge in [0, 0.05) is 0 Å². The predicted molar refractivity (Wildman–Crippen MR) is 46.9 cm³/mol. The van der Waals surface area contributed by atoms with E-state index in [4.69, 9.17) is 10.5 Å². The molecule has 0 aromatic carbocycles. The number of ether oxygens (including phenoxy) is 1. The molecule has 0 unspecified atom stereocenters. The van der Waals surface area contributed by atoms with Gasteiger partial charge in [-0.2, -0.15) is 0 Å². The van der Waals surface area contributed by atoms with Crippen LogP contribution in [0, 0.1) is 0 Å². The Morgan fingerprint density at radius 1 is 1.50 bits per heavy atom. The second-order valence-electron chi connectivity index (χ2n) is 2.56. The molecule has 1 aromatic heterocycles. The Morgan fingerprint density at radius 2 is 2.33 bits per heavy atom. The largest absolute Gasteiger partial charge is 0.382 e. The van der Waals surface area contributed by atoms with Crippen LogP contribution in [-0.2, 0) is 4.74 Å². The van der Waals surface area contributed by atoms with E-state index in [-0.39, 0.29) is 0 Å². The minimum absolute atomic E-state index is 0.472. The lowest BCUT2D eigenvalue weighted by atomic mass is 10.4. The van der Waals surface area contributed by atoms with Crippen molar-refractivity contribution in [3.63, 3.8) is 0 Å². The molecule has 2 N–H and O–H groups in total. The first-order chi connectivity index (χ1) is 5.84. The lowest BCUT2D eigenvalue weighted by Crippen LogP contribution is -2.30. The van der Waals surface area contributed by atoms with E-state index in [2.05, 4.69) is 9.97 Å². The highest BCUT2D eigenvalue weighted by Gasteiger charge is 2.20. The third kappa shape index (κ3) is 1.67. The lowest BCUT2D eigenvalue weighted by Gasteiger charge is -2.24. The summed E-state index contributed by atoms with van der Waals surface area (Å²) in [6.07, 6.45) is 3.26. The minimum atomic E-state index is 0.472. The summed E-state index contributed by atoms with van der Waals surface area (Å²) in [6, 6.07) is 0. The zero-order valence-corrected chi connectivity index (χ0v) is 7.25. The Kier molecular flexibility index (Phi) is 2.14. The van der Waals surface area contributed by atoms with Crippen LogP contribution in [-0.4, -0.2) is 28.4 Å². The zero-order chi connectivity index (χ0) is 8.39. The molecule has 5 heteroatoms. The number of nitrogens with two attached hydrogens (primary N) is 1. The zero-order valence-electron chi connectivity index (χ0n) is 6.43. The van der Waals surface area contributed by atoms with Gasteiger partial charge >= 0.3 is 0 Å². The number of aromatic nitrogens is 2. The van der Waals surface area contributed by atoms with Gasteiger partial charge in [0.05, 0.1) is 30.9 Å². The Balaban J connectivity index is 2.02. The number of hydrogen-bond donors (Lipinski definition) is 1.